The van der Waals surface area contributed by atoms with Gasteiger partial charge < -0.3 is 15.2 Å². The predicted molar refractivity (Wildman–Crippen MR) is 134 cm³/mol. The second kappa shape index (κ2) is 10.4. The van der Waals surface area contributed by atoms with E-state index in [1.54, 1.807) is 0 Å². The molecule has 0 radical (unpaired) electrons. The van der Waals surface area contributed by atoms with Gasteiger partial charge in [-0.05, 0) is 86.5 Å². The summed E-state index contributed by atoms with van der Waals surface area (Å²) in [5.74, 6) is 1.39. The van der Waals surface area contributed by atoms with E-state index in [0.717, 1.165) is 31.2 Å². The van der Waals surface area contributed by atoms with Crippen molar-refractivity contribution in [1.82, 2.24) is 15.2 Å². The van der Waals surface area contributed by atoms with Crippen LogP contribution in [0.25, 0.3) is 15.7 Å². The molecule has 172 valence electrons. The van der Waals surface area contributed by atoms with Crippen molar-refractivity contribution in [2.45, 2.75) is 95.1 Å². The Kier molecular flexibility index (Phi) is 7.15. The van der Waals surface area contributed by atoms with Crippen molar-refractivity contribution < 1.29 is 0 Å². The summed E-state index contributed by atoms with van der Waals surface area (Å²) in [4.78, 5) is 3.79. The highest BCUT2D eigenvalue weighted by Crippen LogP contribution is 2.43. The minimum atomic E-state index is 0.602. The normalized spacial score (nSPS) is 24.0. The van der Waals surface area contributed by atoms with Crippen LogP contribution in [0.1, 0.15) is 94.6 Å². The Hall–Kier alpha value is -1.83. The van der Waals surface area contributed by atoms with E-state index in [1.807, 2.05) is 6.07 Å². The number of hydrogen-bond donors (Lipinski definition) is 2. The summed E-state index contributed by atoms with van der Waals surface area (Å²) in [6.07, 6.45) is 18.6. The highest BCUT2D eigenvalue weighted by atomic mass is 15.0. The largest absolute Gasteiger partial charge is 0.344 e. The molecule has 1 aliphatic heterocycles. The molecule has 2 heterocycles. The number of nitrogens with zero attached hydrogens (tertiary/aromatic N) is 2. The molecule has 3 fully saturated rings. The van der Waals surface area contributed by atoms with E-state index in [4.69, 9.17) is 6.57 Å². The molecule has 0 amide bonds. The van der Waals surface area contributed by atoms with Crippen molar-refractivity contribution in [2.75, 3.05) is 19.6 Å². The van der Waals surface area contributed by atoms with Crippen molar-refractivity contribution in [1.29, 1.82) is 0 Å². The van der Waals surface area contributed by atoms with Crippen LogP contribution in [-0.2, 0) is 0 Å². The Morgan fingerprint density at radius 3 is 2.53 bits per heavy atom. The molecule has 2 atom stereocenters. The van der Waals surface area contributed by atoms with Crippen LogP contribution in [0.4, 0.5) is 5.69 Å². The highest BCUT2D eigenvalue weighted by molar-refractivity contribution is 5.88. The molecule has 5 rings (SSSR count). The zero-order chi connectivity index (χ0) is 21.8. The molecule has 2 unspecified atom stereocenters. The summed E-state index contributed by atoms with van der Waals surface area (Å²) in [6.45, 7) is 11.0. The SMILES string of the molecule is [C-]#[N+]c1ccc2c(c1)c(C(CCNC1CCNC1)C1CCCCC1)cn2C1CCCCC1. The number of nitrogens with one attached hydrogen (secondary N) is 2. The molecule has 4 heteroatoms. The first-order chi connectivity index (χ1) is 15.8. The van der Waals surface area contributed by atoms with Gasteiger partial charge >= 0.3 is 0 Å². The predicted octanol–water partition coefficient (Wildman–Crippen LogP) is 6.70. The van der Waals surface area contributed by atoms with E-state index in [0.29, 0.717) is 18.0 Å². The van der Waals surface area contributed by atoms with Crippen LogP contribution in [-0.4, -0.2) is 30.2 Å². The van der Waals surface area contributed by atoms with Crippen LogP contribution in [0.2, 0.25) is 0 Å². The van der Waals surface area contributed by atoms with Crippen LogP contribution in [0.5, 0.6) is 0 Å². The number of benzene rings is 1. The Bertz CT molecular complexity index is 921. The minimum absolute atomic E-state index is 0.602. The number of hydrogen-bond acceptors (Lipinski definition) is 2. The quantitative estimate of drug-likeness (QED) is 0.477. The van der Waals surface area contributed by atoms with Gasteiger partial charge in [-0.2, -0.15) is 0 Å². The Morgan fingerprint density at radius 1 is 1.03 bits per heavy atom. The maximum absolute atomic E-state index is 7.60. The van der Waals surface area contributed by atoms with E-state index in [1.165, 1.54) is 93.5 Å². The van der Waals surface area contributed by atoms with Crippen LogP contribution in [0.15, 0.2) is 24.4 Å². The highest BCUT2D eigenvalue weighted by Gasteiger charge is 2.29. The van der Waals surface area contributed by atoms with Crippen LogP contribution >= 0.6 is 0 Å². The summed E-state index contributed by atoms with van der Waals surface area (Å²) in [5, 5.41) is 8.70. The summed E-state index contributed by atoms with van der Waals surface area (Å²) in [6, 6.07) is 7.73. The standard InChI is InChI=1S/C28H40N4/c1-29-22-12-13-28-26(18-22)27(20-32(28)24-10-6-3-7-11-24)25(21-8-4-2-5-9-21)15-17-31-23-14-16-30-19-23/h12-13,18,20-21,23-25,30-31H,2-11,14-17,19H2. The molecule has 1 aromatic carbocycles. The van der Waals surface area contributed by atoms with Gasteiger partial charge in [0.15, 0.2) is 5.69 Å². The van der Waals surface area contributed by atoms with Crippen LogP contribution in [0.3, 0.4) is 0 Å². The molecule has 1 aromatic heterocycles. The van der Waals surface area contributed by atoms with Gasteiger partial charge in [0.05, 0.1) is 6.57 Å². The average molecular weight is 433 g/mol. The maximum Gasteiger partial charge on any atom is 0.187 e. The molecule has 2 aliphatic carbocycles. The third-order valence-corrected chi connectivity index (χ3v) is 8.51. The smallest absolute Gasteiger partial charge is 0.187 e. The zero-order valence-electron chi connectivity index (χ0n) is 19.6. The molecule has 32 heavy (non-hydrogen) atoms. The van der Waals surface area contributed by atoms with E-state index in [-0.39, 0.29) is 0 Å². The van der Waals surface area contributed by atoms with Gasteiger partial charge in [0, 0.05) is 30.3 Å². The van der Waals surface area contributed by atoms with Gasteiger partial charge in [-0.1, -0.05) is 44.6 Å². The molecule has 3 aliphatic rings. The van der Waals surface area contributed by atoms with Crippen molar-refractivity contribution in [3.63, 3.8) is 0 Å². The molecule has 2 saturated carbocycles. The third kappa shape index (κ3) is 4.75. The van der Waals surface area contributed by atoms with Gasteiger partial charge in [0.1, 0.15) is 0 Å². The first-order valence-electron chi connectivity index (χ1n) is 13.3. The van der Waals surface area contributed by atoms with E-state index >= 15 is 0 Å². The number of aromatic nitrogens is 1. The van der Waals surface area contributed by atoms with E-state index < -0.39 is 0 Å². The molecule has 2 aromatic rings. The van der Waals surface area contributed by atoms with Crippen molar-refractivity contribution in [3.05, 3.63) is 41.4 Å². The first-order valence-corrected chi connectivity index (χ1v) is 13.3. The second-order valence-corrected chi connectivity index (χ2v) is 10.5. The van der Waals surface area contributed by atoms with E-state index in [9.17, 15) is 0 Å². The number of rotatable bonds is 7. The summed E-state index contributed by atoms with van der Waals surface area (Å²) >= 11 is 0. The molecule has 0 bridgehead atoms. The van der Waals surface area contributed by atoms with Gasteiger partial charge in [0.25, 0.3) is 0 Å². The summed E-state index contributed by atoms with van der Waals surface area (Å²) < 4.78 is 2.61. The Balaban J connectivity index is 1.48. The second-order valence-electron chi connectivity index (χ2n) is 10.5. The lowest BCUT2D eigenvalue weighted by Crippen LogP contribution is -2.33. The van der Waals surface area contributed by atoms with Crippen molar-refractivity contribution in [2.24, 2.45) is 5.92 Å². The number of fused-ring (bicyclic) bond motifs is 1. The Morgan fingerprint density at radius 2 is 1.81 bits per heavy atom. The maximum atomic E-state index is 7.60. The van der Waals surface area contributed by atoms with Gasteiger partial charge in [-0.15, -0.1) is 0 Å². The monoisotopic (exact) mass is 432 g/mol. The van der Waals surface area contributed by atoms with Crippen molar-refractivity contribution in [3.8, 4) is 0 Å². The van der Waals surface area contributed by atoms with Gasteiger partial charge in [-0.25, -0.2) is 4.85 Å². The molecule has 0 spiro atoms. The fourth-order valence-corrected chi connectivity index (χ4v) is 6.75. The zero-order valence-corrected chi connectivity index (χ0v) is 19.6. The van der Waals surface area contributed by atoms with Gasteiger partial charge in [0.2, 0.25) is 0 Å². The first kappa shape index (κ1) is 22.0. The van der Waals surface area contributed by atoms with Crippen molar-refractivity contribution >= 4 is 16.6 Å². The van der Waals surface area contributed by atoms with Gasteiger partial charge in [-0.3, -0.25) is 0 Å². The lowest BCUT2D eigenvalue weighted by atomic mass is 9.75. The molecule has 1 saturated heterocycles. The summed E-state index contributed by atoms with van der Waals surface area (Å²) in [7, 11) is 0. The molecular weight excluding hydrogens is 392 g/mol. The Labute approximate surface area is 194 Å². The fourth-order valence-electron chi connectivity index (χ4n) is 6.75. The topological polar surface area (TPSA) is 33.4 Å². The molecule has 4 nitrogen and oxygen atoms in total. The summed E-state index contributed by atoms with van der Waals surface area (Å²) in [5.41, 5.74) is 3.69. The van der Waals surface area contributed by atoms with E-state index in [2.05, 4.69) is 38.4 Å². The minimum Gasteiger partial charge on any atom is -0.344 e. The fraction of sp³-hybridized carbons (Fsp3) is 0.679. The van der Waals surface area contributed by atoms with Crippen LogP contribution < -0.4 is 10.6 Å². The average Bonchev–Trinajstić information content (AvgIpc) is 3.51. The lowest BCUT2D eigenvalue weighted by molar-refractivity contribution is 0.290. The third-order valence-electron chi connectivity index (χ3n) is 8.51. The van der Waals surface area contributed by atoms with Crippen LogP contribution in [0, 0.1) is 12.5 Å². The molecular formula is C28H40N4. The lowest BCUT2D eigenvalue weighted by Gasteiger charge is -2.31. The molecule has 2 N–H and O–H groups in total.